The van der Waals surface area contributed by atoms with E-state index >= 15 is 0 Å². The van der Waals surface area contributed by atoms with Crippen molar-refractivity contribution >= 4 is 6.09 Å². The van der Waals surface area contributed by atoms with Gasteiger partial charge in [-0.2, -0.15) is 0 Å². The predicted octanol–water partition coefficient (Wildman–Crippen LogP) is 4.68. The van der Waals surface area contributed by atoms with Crippen molar-refractivity contribution in [2.45, 2.75) is 51.9 Å². The van der Waals surface area contributed by atoms with Crippen LogP contribution in [0, 0.1) is 6.92 Å². The van der Waals surface area contributed by atoms with E-state index in [1.165, 1.54) is 0 Å². The molecule has 0 bridgehead atoms. The van der Waals surface area contributed by atoms with Crippen LogP contribution in [0.25, 0.3) is 0 Å². The first-order valence-electron chi connectivity index (χ1n) is 8.54. The number of aliphatic hydroxyl groups is 1. The molecule has 0 aromatic heterocycles. The van der Waals surface area contributed by atoms with Crippen molar-refractivity contribution in [3.05, 3.63) is 71.3 Å². The Morgan fingerprint density at radius 3 is 2.20 bits per heavy atom. The summed E-state index contributed by atoms with van der Waals surface area (Å²) in [6.07, 6.45) is -0.801. The SMILES string of the molecule is Cc1ccc([C@H](O)C[C@@H](NC(=O)OC(C)(C)C)c2ccccc2)cc1. The first-order chi connectivity index (χ1) is 11.7. The molecule has 2 atom stereocenters. The molecular weight excluding hydrogens is 314 g/mol. The lowest BCUT2D eigenvalue weighted by molar-refractivity contribution is 0.0482. The number of alkyl carbamates (subject to hydrolysis) is 1. The minimum Gasteiger partial charge on any atom is -0.444 e. The van der Waals surface area contributed by atoms with E-state index in [-0.39, 0.29) is 6.04 Å². The highest BCUT2D eigenvalue weighted by atomic mass is 16.6. The molecule has 0 spiro atoms. The molecule has 0 radical (unpaired) electrons. The van der Waals surface area contributed by atoms with Crippen molar-refractivity contribution in [1.82, 2.24) is 5.32 Å². The van der Waals surface area contributed by atoms with Gasteiger partial charge in [0.1, 0.15) is 5.60 Å². The summed E-state index contributed by atoms with van der Waals surface area (Å²) in [6, 6.07) is 17.0. The first kappa shape index (κ1) is 19.0. The Balaban J connectivity index is 2.14. The van der Waals surface area contributed by atoms with Gasteiger partial charge in [0.05, 0.1) is 12.1 Å². The van der Waals surface area contributed by atoms with Crippen molar-refractivity contribution in [3.8, 4) is 0 Å². The largest absolute Gasteiger partial charge is 0.444 e. The third-order valence-corrected chi connectivity index (χ3v) is 3.81. The summed E-state index contributed by atoms with van der Waals surface area (Å²) in [5, 5.41) is 13.5. The summed E-state index contributed by atoms with van der Waals surface area (Å²) < 4.78 is 5.36. The third kappa shape index (κ3) is 6.24. The number of carbonyl (C=O) groups is 1. The van der Waals surface area contributed by atoms with Crippen LogP contribution in [0.5, 0.6) is 0 Å². The molecule has 2 aromatic rings. The lowest BCUT2D eigenvalue weighted by Crippen LogP contribution is -2.35. The fourth-order valence-corrected chi connectivity index (χ4v) is 2.56. The molecule has 0 aliphatic rings. The molecule has 0 heterocycles. The van der Waals surface area contributed by atoms with Crippen LogP contribution < -0.4 is 5.32 Å². The number of hydrogen-bond donors (Lipinski definition) is 2. The van der Waals surface area contributed by atoms with Gasteiger partial charge in [0.15, 0.2) is 0 Å². The zero-order chi connectivity index (χ0) is 18.4. The summed E-state index contributed by atoms with van der Waals surface area (Å²) in [6.45, 7) is 7.48. The Hall–Kier alpha value is -2.33. The molecule has 0 unspecified atom stereocenters. The summed E-state index contributed by atoms with van der Waals surface area (Å²) >= 11 is 0. The fourth-order valence-electron chi connectivity index (χ4n) is 2.56. The van der Waals surface area contributed by atoms with Crippen molar-refractivity contribution in [2.24, 2.45) is 0 Å². The second-order valence-electron chi connectivity index (χ2n) is 7.27. The molecule has 0 aliphatic heterocycles. The van der Waals surface area contributed by atoms with Gasteiger partial charge in [-0.25, -0.2) is 4.79 Å². The Bertz CT molecular complexity index is 675. The Kier molecular flexibility index (Phi) is 6.21. The standard InChI is InChI=1S/C21H27NO3/c1-15-10-12-17(13-11-15)19(23)14-18(16-8-6-5-7-9-16)22-20(24)25-21(2,3)4/h5-13,18-19,23H,14H2,1-4H3,(H,22,24)/t18-,19-/m1/s1. The van der Waals surface area contributed by atoms with E-state index in [1.54, 1.807) is 0 Å². The molecule has 0 saturated heterocycles. The van der Waals surface area contributed by atoms with Gasteiger partial charge < -0.3 is 15.2 Å². The lowest BCUT2D eigenvalue weighted by Gasteiger charge is -2.25. The number of aryl methyl sites for hydroxylation is 1. The maximum atomic E-state index is 12.2. The zero-order valence-corrected chi connectivity index (χ0v) is 15.3. The molecule has 2 aromatic carbocycles. The summed E-state index contributed by atoms with van der Waals surface area (Å²) in [7, 11) is 0. The van der Waals surface area contributed by atoms with E-state index < -0.39 is 17.8 Å². The van der Waals surface area contributed by atoms with E-state index in [1.807, 2.05) is 82.3 Å². The molecule has 1 amide bonds. The zero-order valence-electron chi connectivity index (χ0n) is 15.3. The number of hydrogen-bond acceptors (Lipinski definition) is 3. The van der Waals surface area contributed by atoms with Gasteiger partial charge in [0.25, 0.3) is 0 Å². The predicted molar refractivity (Wildman–Crippen MR) is 99.3 cm³/mol. The average Bonchev–Trinajstić information content (AvgIpc) is 2.54. The van der Waals surface area contributed by atoms with Gasteiger partial charge in [-0.1, -0.05) is 60.2 Å². The number of benzene rings is 2. The Morgan fingerprint density at radius 2 is 1.64 bits per heavy atom. The molecular formula is C21H27NO3. The second kappa shape index (κ2) is 8.17. The molecule has 25 heavy (non-hydrogen) atoms. The average molecular weight is 341 g/mol. The molecule has 2 rings (SSSR count). The van der Waals surface area contributed by atoms with Crippen molar-refractivity contribution in [3.63, 3.8) is 0 Å². The maximum Gasteiger partial charge on any atom is 0.408 e. The third-order valence-electron chi connectivity index (χ3n) is 3.81. The van der Waals surface area contributed by atoms with E-state index in [9.17, 15) is 9.90 Å². The molecule has 2 N–H and O–H groups in total. The first-order valence-corrected chi connectivity index (χ1v) is 8.54. The smallest absolute Gasteiger partial charge is 0.408 e. The van der Waals surface area contributed by atoms with E-state index in [2.05, 4.69) is 5.32 Å². The minimum atomic E-state index is -0.680. The highest BCUT2D eigenvalue weighted by molar-refractivity contribution is 5.68. The van der Waals surface area contributed by atoms with E-state index in [0.717, 1.165) is 16.7 Å². The maximum absolute atomic E-state index is 12.2. The van der Waals surface area contributed by atoms with Crippen LogP contribution in [0.2, 0.25) is 0 Å². The van der Waals surface area contributed by atoms with E-state index in [0.29, 0.717) is 6.42 Å². The highest BCUT2D eigenvalue weighted by Gasteiger charge is 2.23. The normalized spacial score (nSPS) is 13.8. The number of nitrogens with one attached hydrogen (secondary N) is 1. The number of ether oxygens (including phenoxy) is 1. The molecule has 4 nitrogen and oxygen atoms in total. The Morgan fingerprint density at radius 1 is 1.04 bits per heavy atom. The monoisotopic (exact) mass is 341 g/mol. The van der Waals surface area contributed by atoms with Gasteiger partial charge in [0, 0.05) is 6.42 Å². The van der Waals surface area contributed by atoms with Crippen molar-refractivity contribution < 1.29 is 14.6 Å². The molecule has 134 valence electrons. The van der Waals surface area contributed by atoms with Crippen LogP contribution >= 0.6 is 0 Å². The highest BCUT2D eigenvalue weighted by Crippen LogP contribution is 2.27. The second-order valence-corrected chi connectivity index (χ2v) is 7.27. The van der Waals surface area contributed by atoms with Crippen molar-refractivity contribution in [2.75, 3.05) is 0 Å². The number of aliphatic hydroxyl groups excluding tert-OH is 1. The van der Waals surface area contributed by atoms with Crippen LogP contribution in [-0.4, -0.2) is 16.8 Å². The van der Waals surface area contributed by atoms with Crippen molar-refractivity contribution in [1.29, 1.82) is 0 Å². The minimum absolute atomic E-state index is 0.340. The van der Waals surface area contributed by atoms with Crippen LogP contribution in [0.15, 0.2) is 54.6 Å². The van der Waals surface area contributed by atoms with Gasteiger partial charge in [-0.3, -0.25) is 0 Å². The van der Waals surface area contributed by atoms with Gasteiger partial charge in [0.2, 0.25) is 0 Å². The summed E-state index contributed by atoms with van der Waals surface area (Å²) in [4.78, 5) is 12.2. The quantitative estimate of drug-likeness (QED) is 0.830. The molecule has 0 fully saturated rings. The number of rotatable bonds is 5. The molecule has 4 heteroatoms. The van der Waals surface area contributed by atoms with E-state index in [4.69, 9.17) is 4.74 Å². The van der Waals surface area contributed by atoms with Crippen LogP contribution in [-0.2, 0) is 4.74 Å². The van der Waals surface area contributed by atoms with Crippen LogP contribution in [0.4, 0.5) is 4.79 Å². The number of amides is 1. The van der Waals surface area contributed by atoms with Gasteiger partial charge in [-0.15, -0.1) is 0 Å². The lowest BCUT2D eigenvalue weighted by atomic mass is 9.96. The van der Waals surface area contributed by atoms with Gasteiger partial charge in [-0.05, 0) is 38.8 Å². The molecule has 0 aliphatic carbocycles. The van der Waals surface area contributed by atoms with Gasteiger partial charge >= 0.3 is 6.09 Å². The topological polar surface area (TPSA) is 58.6 Å². The number of carbonyl (C=O) groups excluding carboxylic acids is 1. The Labute approximate surface area is 149 Å². The molecule has 0 saturated carbocycles. The summed E-state index contributed by atoms with van der Waals surface area (Å²) in [5.74, 6) is 0. The summed E-state index contributed by atoms with van der Waals surface area (Å²) in [5.41, 5.74) is 2.33. The fraction of sp³-hybridized carbons (Fsp3) is 0.381. The van der Waals surface area contributed by atoms with Crippen LogP contribution in [0.1, 0.15) is 56.0 Å². The van der Waals surface area contributed by atoms with Crippen LogP contribution in [0.3, 0.4) is 0 Å².